The molecule has 1 aliphatic heterocycles. The van der Waals surface area contributed by atoms with Gasteiger partial charge in [-0.15, -0.1) is 0 Å². The van der Waals surface area contributed by atoms with Crippen molar-refractivity contribution >= 4 is 50.7 Å². The van der Waals surface area contributed by atoms with E-state index in [1.54, 1.807) is 20.8 Å². The Kier molecular flexibility index (Phi) is 7.79. The molecule has 0 aromatic heterocycles. The summed E-state index contributed by atoms with van der Waals surface area (Å²) < 4.78 is 74.2. The van der Waals surface area contributed by atoms with E-state index < -0.39 is 39.4 Å². The van der Waals surface area contributed by atoms with Crippen molar-refractivity contribution in [3.63, 3.8) is 0 Å². The number of benzene rings is 2. The minimum absolute atomic E-state index is 0.0595. The van der Waals surface area contributed by atoms with Crippen LogP contribution in [0.15, 0.2) is 46.3 Å². The van der Waals surface area contributed by atoms with Crippen molar-refractivity contribution in [1.82, 2.24) is 4.31 Å². The van der Waals surface area contributed by atoms with Crippen LogP contribution in [-0.2, 0) is 25.7 Å². The van der Waals surface area contributed by atoms with Gasteiger partial charge < -0.3 is 4.74 Å². The smallest absolute Gasteiger partial charge is 0.417 e. The molecule has 0 bridgehead atoms. The highest BCUT2D eigenvalue weighted by Gasteiger charge is 2.41. The zero-order valence-corrected chi connectivity index (χ0v) is 21.4. The highest BCUT2D eigenvalue weighted by atomic mass is 35.5. The number of halogens is 4. The summed E-state index contributed by atoms with van der Waals surface area (Å²) in [6.45, 7) is 5.18. The largest absolute Gasteiger partial charge is 0.459 e. The molecular weight excluding hydrogens is 525 g/mol. The summed E-state index contributed by atoms with van der Waals surface area (Å²) in [7, 11) is -4.11. The number of thiocarbonyl (C=S) groups is 1. The first-order valence-electron chi connectivity index (χ1n) is 10.5. The van der Waals surface area contributed by atoms with E-state index in [-0.39, 0.29) is 33.3 Å². The van der Waals surface area contributed by atoms with Gasteiger partial charge in [-0.25, -0.2) is 8.42 Å². The molecule has 1 aliphatic rings. The van der Waals surface area contributed by atoms with Gasteiger partial charge in [0.25, 0.3) is 0 Å². The fourth-order valence-corrected chi connectivity index (χ4v) is 5.86. The first kappa shape index (κ1) is 27.3. The number of nitrogens with zero attached hydrogens (tertiary/aromatic N) is 2. The lowest BCUT2D eigenvalue weighted by molar-refractivity contribution is -0.158. The van der Waals surface area contributed by atoms with Gasteiger partial charge in [-0.3, -0.25) is 4.79 Å². The van der Waals surface area contributed by atoms with Crippen LogP contribution in [-0.4, -0.2) is 42.0 Å². The summed E-state index contributed by atoms with van der Waals surface area (Å²) in [5, 5.41) is 1.77. The van der Waals surface area contributed by atoms with Gasteiger partial charge in [0.2, 0.25) is 10.0 Å². The molecule has 1 heterocycles. The van der Waals surface area contributed by atoms with Crippen molar-refractivity contribution in [2.24, 2.45) is 4.99 Å². The zero-order valence-electron chi connectivity index (χ0n) is 19.0. The summed E-state index contributed by atoms with van der Waals surface area (Å²) in [4.78, 5) is 16.0. The third-order valence-corrected chi connectivity index (χ3v) is 7.50. The summed E-state index contributed by atoms with van der Waals surface area (Å²) in [5.41, 5.74) is -2.20. The number of sulfonamides is 1. The molecule has 1 saturated heterocycles. The number of esters is 1. The average molecular weight is 547 g/mol. The van der Waals surface area contributed by atoms with Gasteiger partial charge in [-0.1, -0.05) is 23.7 Å². The van der Waals surface area contributed by atoms with Crippen molar-refractivity contribution in [3.05, 3.63) is 47.0 Å². The van der Waals surface area contributed by atoms with Crippen LogP contribution in [0.25, 0.3) is 11.1 Å². The molecule has 0 saturated carbocycles. The van der Waals surface area contributed by atoms with E-state index in [1.807, 2.05) is 5.16 Å². The minimum atomic E-state index is -4.76. The second kappa shape index (κ2) is 9.99. The van der Waals surface area contributed by atoms with E-state index in [4.69, 9.17) is 16.3 Å². The number of hydrogen-bond donors (Lipinski definition) is 0. The molecule has 2 aromatic rings. The van der Waals surface area contributed by atoms with Crippen LogP contribution in [0.5, 0.6) is 0 Å². The Bertz CT molecular complexity index is 1280. The van der Waals surface area contributed by atoms with Gasteiger partial charge in [0, 0.05) is 12.1 Å². The molecule has 0 N–H and O–H groups in total. The Morgan fingerprint density at radius 3 is 2.37 bits per heavy atom. The molecule has 188 valence electrons. The van der Waals surface area contributed by atoms with Crippen molar-refractivity contribution in [1.29, 1.82) is 0 Å². The van der Waals surface area contributed by atoms with Crippen LogP contribution in [0.1, 0.15) is 39.2 Å². The monoisotopic (exact) mass is 546 g/mol. The van der Waals surface area contributed by atoms with Gasteiger partial charge in [0.1, 0.15) is 11.6 Å². The predicted octanol–water partition coefficient (Wildman–Crippen LogP) is 6.25. The molecule has 3 rings (SSSR count). The third kappa shape index (κ3) is 6.10. The fraction of sp³-hybridized carbons (Fsp3) is 0.391. The number of aliphatic imine (C=N–C) groups is 1. The SMILES string of the molecule is CC(C)(C)OC(=O)C1CCCN1S(=O)(=O)c1ccc(-c2c(Cl)cc(N=C=S)cc2C(F)(F)F)cc1. The Labute approximate surface area is 211 Å². The van der Waals surface area contributed by atoms with Crippen molar-refractivity contribution < 1.29 is 31.1 Å². The number of carbonyl (C=O) groups excluding carboxylic acids is 1. The van der Waals surface area contributed by atoms with Crippen molar-refractivity contribution in [2.45, 2.75) is 56.3 Å². The summed E-state index contributed by atoms with van der Waals surface area (Å²) >= 11 is 10.6. The molecule has 1 fully saturated rings. The van der Waals surface area contributed by atoms with Gasteiger partial charge in [-0.05, 0) is 75.7 Å². The molecule has 2 aromatic carbocycles. The van der Waals surface area contributed by atoms with Crippen molar-refractivity contribution in [2.75, 3.05) is 6.54 Å². The highest BCUT2D eigenvalue weighted by molar-refractivity contribution is 7.89. The van der Waals surface area contributed by atoms with Gasteiger partial charge in [0.15, 0.2) is 0 Å². The molecule has 0 radical (unpaired) electrons. The lowest BCUT2D eigenvalue weighted by Crippen LogP contribution is -2.43. The quantitative estimate of drug-likeness (QED) is 0.251. The predicted molar refractivity (Wildman–Crippen MR) is 129 cm³/mol. The van der Waals surface area contributed by atoms with Crippen LogP contribution in [0, 0.1) is 0 Å². The molecule has 35 heavy (non-hydrogen) atoms. The van der Waals surface area contributed by atoms with E-state index in [0.717, 1.165) is 10.4 Å². The van der Waals surface area contributed by atoms with Gasteiger partial charge in [-0.2, -0.15) is 22.5 Å². The summed E-state index contributed by atoms with van der Waals surface area (Å²) in [5.74, 6) is -0.643. The van der Waals surface area contributed by atoms with Gasteiger partial charge in [0.05, 0.1) is 26.3 Å². The van der Waals surface area contributed by atoms with E-state index in [9.17, 15) is 26.4 Å². The average Bonchev–Trinajstić information content (AvgIpc) is 3.23. The summed E-state index contributed by atoms with van der Waals surface area (Å²) in [6, 6.07) is 5.89. The standard InChI is InChI=1S/C23H22ClF3N2O4S2/c1-22(2,3)33-21(30)19-5-4-10-29(19)35(31,32)16-8-6-14(7-9-16)20-17(23(25,26)27)11-15(28-13-34)12-18(20)24/h6-9,11-12,19H,4-5,10H2,1-3H3. The van der Waals surface area contributed by atoms with Crippen LogP contribution < -0.4 is 0 Å². The van der Waals surface area contributed by atoms with E-state index in [1.165, 1.54) is 30.3 Å². The first-order chi connectivity index (χ1) is 16.1. The van der Waals surface area contributed by atoms with Crippen LogP contribution in [0.3, 0.4) is 0 Å². The molecule has 0 spiro atoms. The van der Waals surface area contributed by atoms with E-state index in [2.05, 4.69) is 17.2 Å². The highest BCUT2D eigenvalue weighted by Crippen LogP contribution is 2.43. The number of ether oxygens (including phenoxy) is 1. The number of carbonyl (C=O) groups is 1. The molecule has 0 amide bonds. The zero-order chi connectivity index (χ0) is 26.2. The van der Waals surface area contributed by atoms with E-state index >= 15 is 0 Å². The first-order valence-corrected chi connectivity index (χ1v) is 12.7. The Morgan fingerprint density at radius 1 is 1.20 bits per heavy atom. The van der Waals surface area contributed by atoms with Crippen molar-refractivity contribution in [3.8, 4) is 11.1 Å². The van der Waals surface area contributed by atoms with Crippen LogP contribution >= 0.6 is 23.8 Å². The fourth-order valence-electron chi connectivity index (χ4n) is 3.79. The number of hydrogen-bond acceptors (Lipinski definition) is 6. The third-order valence-electron chi connectivity index (χ3n) is 5.19. The Morgan fingerprint density at radius 2 is 1.83 bits per heavy atom. The Balaban J connectivity index is 1.99. The second-order valence-corrected chi connectivity index (χ2v) is 11.4. The number of rotatable bonds is 5. The molecule has 1 atom stereocenters. The maximum Gasteiger partial charge on any atom is 0.417 e. The molecular formula is C23H22ClF3N2O4S2. The van der Waals surface area contributed by atoms with Crippen LogP contribution in [0.4, 0.5) is 18.9 Å². The molecule has 6 nitrogen and oxygen atoms in total. The Hall–Kier alpha value is -2.30. The molecule has 0 aliphatic carbocycles. The maximum absolute atomic E-state index is 13.8. The lowest BCUT2D eigenvalue weighted by Gasteiger charge is -2.27. The number of alkyl halides is 3. The van der Waals surface area contributed by atoms with E-state index in [0.29, 0.717) is 12.8 Å². The maximum atomic E-state index is 13.8. The molecule has 1 unspecified atom stereocenters. The molecule has 12 heteroatoms. The second-order valence-electron chi connectivity index (χ2n) is 8.88. The normalized spacial score (nSPS) is 17.2. The summed E-state index contributed by atoms with van der Waals surface area (Å²) in [6.07, 6.45) is -3.97. The minimum Gasteiger partial charge on any atom is -0.459 e. The topological polar surface area (TPSA) is 76.0 Å². The van der Waals surface area contributed by atoms with Gasteiger partial charge >= 0.3 is 12.1 Å². The lowest BCUT2D eigenvalue weighted by atomic mass is 9.98. The van der Waals surface area contributed by atoms with Crippen LogP contribution in [0.2, 0.25) is 5.02 Å². The number of isothiocyanates is 1.